The molecule has 6 nitrogen and oxygen atoms in total. The molecule has 2 heterocycles. The van der Waals surface area contributed by atoms with Gasteiger partial charge in [-0.1, -0.05) is 59.1 Å². The SMILES string of the molecule is Cc1cc(C)cc(CN2CC3(CCN(S(=O)(=O)Cc4ccccc4Cl)CC3)OC2=O)c1. The number of amides is 1. The van der Waals surface area contributed by atoms with Gasteiger partial charge >= 0.3 is 6.09 Å². The zero-order chi connectivity index (χ0) is 22.2. The van der Waals surface area contributed by atoms with Crippen molar-refractivity contribution in [2.75, 3.05) is 19.6 Å². The number of carbonyl (C=O) groups is 1. The molecule has 1 spiro atoms. The van der Waals surface area contributed by atoms with E-state index < -0.39 is 15.6 Å². The van der Waals surface area contributed by atoms with E-state index >= 15 is 0 Å². The molecule has 0 radical (unpaired) electrons. The summed E-state index contributed by atoms with van der Waals surface area (Å²) in [6, 6.07) is 13.2. The fourth-order valence-corrected chi connectivity index (χ4v) is 6.38. The molecular weight excluding hydrogens is 436 g/mol. The van der Waals surface area contributed by atoms with Crippen molar-refractivity contribution >= 4 is 27.7 Å². The van der Waals surface area contributed by atoms with Crippen LogP contribution in [-0.2, 0) is 27.1 Å². The molecule has 166 valence electrons. The van der Waals surface area contributed by atoms with Crippen LogP contribution in [0.1, 0.15) is 35.1 Å². The smallest absolute Gasteiger partial charge is 0.410 e. The predicted molar refractivity (Wildman–Crippen MR) is 120 cm³/mol. The summed E-state index contributed by atoms with van der Waals surface area (Å²) in [5.74, 6) is -0.127. The molecule has 0 N–H and O–H groups in total. The van der Waals surface area contributed by atoms with Crippen molar-refractivity contribution in [2.24, 2.45) is 0 Å². The van der Waals surface area contributed by atoms with Crippen LogP contribution in [0.4, 0.5) is 4.79 Å². The molecule has 0 aliphatic carbocycles. The second-order valence-electron chi connectivity index (χ2n) is 8.65. The summed E-state index contributed by atoms with van der Waals surface area (Å²) in [4.78, 5) is 14.3. The van der Waals surface area contributed by atoms with Crippen LogP contribution in [0.2, 0.25) is 5.02 Å². The van der Waals surface area contributed by atoms with Crippen LogP contribution in [0.3, 0.4) is 0 Å². The van der Waals surface area contributed by atoms with Crippen LogP contribution >= 0.6 is 11.6 Å². The first-order chi connectivity index (χ1) is 14.7. The molecule has 2 aliphatic rings. The van der Waals surface area contributed by atoms with Gasteiger partial charge in [-0.15, -0.1) is 0 Å². The number of hydrogen-bond acceptors (Lipinski definition) is 4. The van der Waals surface area contributed by atoms with Gasteiger partial charge in [0, 0.05) is 37.5 Å². The number of halogens is 1. The summed E-state index contributed by atoms with van der Waals surface area (Å²) in [6.07, 6.45) is 0.653. The first-order valence-electron chi connectivity index (χ1n) is 10.4. The topological polar surface area (TPSA) is 66.9 Å². The standard InChI is InChI=1S/C23H27ClN2O4S/c1-17-11-18(2)13-19(12-17)14-25-16-23(30-22(25)27)7-9-26(10-8-23)31(28,29)15-20-5-3-4-6-21(20)24/h3-6,11-13H,7-10,14-16H2,1-2H3. The molecule has 0 saturated carbocycles. The largest absolute Gasteiger partial charge is 0.441 e. The number of sulfonamides is 1. The molecule has 31 heavy (non-hydrogen) atoms. The predicted octanol–water partition coefficient (Wildman–Crippen LogP) is 4.27. The molecule has 4 rings (SSSR count). The van der Waals surface area contributed by atoms with E-state index in [2.05, 4.69) is 18.2 Å². The Morgan fingerprint density at radius 2 is 1.71 bits per heavy atom. The summed E-state index contributed by atoms with van der Waals surface area (Å²) in [6.45, 7) is 5.72. The third kappa shape index (κ3) is 4.89. The minimum Gasteiger partial charge on any atom is -0.441 e. The fourth-order valence-electron chi connectivity index (χ4n) is 4.53. The van der Waals surface area contributed by atoms with Gasteiger partial charge in [0.1, 0.15) is 5.60 Å². The average Bonchev–Trinajstić information content (AvgIpc) is 2.97. The van der Waals surface area contributed by atoms with Gasteiger partial charge < -0.3 is 4.74 Å². The number of carbonyl (C=O) groups excluding carboxylic acids is 1. The van der Waals surface area contributed by atoms with Crippen LogP contribution in [0, 0.1) is 13.8 Å². The maximum absolute atomic E-state index is 12.9. The fraction of sp³-hybridized carbons (Fsp3) is 0.435. The van der Waals surface area contributed by atoms with Crippen LogP contribution in [0.25, 0.3) is 0 Å². The Labute approximate surface area is 188 Å². The molecule has 0 bridgehead atoms. The summed E-state index contributed by atoms with van der Waals surface area (Å²) in [5.41, 5.74) is 3.37. The zero-order valence-corrected chi connectivity index (χ0v) is 19.4. The van der Waals surface area contributed by atoms with Crippen LogP contribution in [-0.4, -0.2) is 49.0 Å². The van der Waals surface area contributed by atoms with Crippen molar-refractivity contribution < 1.29 is 17.9 Å². The van der Waals surface area contributed by atoms with E-state index in [9.17, 15) is 13.2 Å². The number of nitrogens with zero attached hydrogens (tertiary/aromatic N) is 2. The Kier molecular flexibility index (Phi) is 6.03. The summed E-state index contributed by atoms with van der Waals surface area (Å²) >= 11 is 6.14. The zero-order valence-electron chi connectivity index (χ0n) is 17.8. The van der Waals surface area contributed by atoms with E-state index in [1.54, 1.807) is 29.2 Å². The molecule has 0 atom stereocenters. The molecule has 2 saturated heterocycles. The summed E-state index contributed by atoms with van der Waals surface area (Å²) in [7, 11) is -3.50. The highest BCUT2D eigenvalue weighted by Gasteiger charge is 2.48. The quantitative estimate of drug-likeness (QED) is 0.665. The van der Waals surface area contributed by atoms with Crippen molar-refractivity contribution in [1.82, 2.24) is 9.21 Å². The number of rotatable bonds is 5. The maximum Gasteiger partial charge on any atom is 0.410 e. The van der Waals surface area contributed by atoms with Gasteiger partial charge in [0.15, 0.2) is 0 Å². The number of benzene rings is 2. The third-order valence-electron chi connectivity index (χ3n) is 6.02. The van der Waals surface area contributed by atoms with Crippen LogP contribution in [0.15, 0.2) is 42.5 Å². The van der Waals surface area contributed by atoms with Crippen molar-refractivity contribution in [1.29, 1.82) is 0 Å². The first kappa shape index (κ1) is 22.1. The monoisotopic (exact) mass is 462 g/mol. The number of ether oxygens (including phenoxy) is 1. The van der Waals surface area contributed by atoms with E-state index in [4.69, 9.17) is 16.3 Å². The molecular formula is C23H27ClN2O4S. The van der Waals surface area contributed by atoms with Gasteiger partial charge in [0.2, 0.25) is 10.0 Å². The lowest BCUT2D eigenvalue weighted by atomic mass is 9.92. The molecule has 8 heteroatoms. The Balaban J connectivity index is 1.39. The minimum absolute atomic E-state index is 0.127. The molecule has 0 unspecified atom stereocenters. The Bertz CT molecular complexity index is 1070. The lowest BCUT2D eigenvalue weighted by Gasteiger charge is -2.36. The van der Waals surface area contributed by atoms with Crippen molar-refractivity contribution in [2.45, 2.75) is 44.6 Å². The average molecular weight is 463 g/mol. The van der Waals surface area contributed by atoms with Crippen molar-refractivity contribution in [3.05, 3.63) is 69.7 Å². The van der Waals surface area contributed by atoms with Crippen molar-refractivity contribution in [3.8, 4) is 0 Å². The Morgan fingerprint density at radius 1 is 1.06 bits per heavy atom. The van der Waals surface area contributed by atoms with Crippen LogP contribution < -0.4 is 0 Å². The molecule has 2 aliphatic heterocycles. The molecule has 2 fully saturated rings. The molecule has 2 aromatic carbocycles. The normalized spacial score (nSPS) is 19.1. The Morgan fingerprint density at radius 3 is 2.35 bits per heavy atom. The summed E-state index contributed by atoms with van der Waals surface area (Å²) in [5, 5.41) is 0.450. The third-order valence-corrected chi connectivity index (χ3v) is 8.22. The molecule has 1 amide bonds. The van der Waals surface area contributed by atoms with Gasteiger partial charge in [0.05, 0.1) is 12.3 Å². The highest BCUT2D eigenvalue weighted by atomic mass is 35.5. The molecule has 0 aromatic heterocycles. The number of aryl methyl sites for hydroxylation is 2. The lowest BCUT2D eigenvalue weighted by molar-refractivity contribution is 0.0172. The second-order valence-corrected chi connectivity index (χ2v) is 11.0. The number of hydrogen-bond donors (Lipinski definition) is 0. The van der Waals surface area contributed by atoms with E-state index in [0.29, 0.717) is 49.6 Å². The van der Waals surface area contributed by atoms with E-state index in [1.807, 2.05) is 13.8 Å². The van der Waals surface area contributed by atoms with Gasteiger partial charge in [-0.05, 0) is 31.0 Å². The van der Waals surface area contributed by atoms with Crippen LogP contribution in [0.5, 0.6) is 0 Å². The van der Waals surface area contributed by atoms with Gasteiger partial charge in [0.25, 0.3) is 0 Å². The Hall–Kier alpha value is -2.09. The van der Waals surface area contributed by atoms with E-state index in [0.717, 1.165) is 16.7 Å². The van der Waals surface area contributed by atoms with Crippen molar-refractivity contribution in [3.63, 3.8) is 0 Å². The van der Waals surface area contributed by atoms with E-state index in [1.165, 1.54) is 4.31 Å². The molecule has 2 aromatic rings. The number of piperidine rings is 1. The van der Waals surface area contributed by atoms with Gasteiger partial charge in [-0.3, -0.25) is 4.90 Å². The highest BCUT2D eigenvalue weighted by molar-refractivity contribution is 7.88. The first-order valence-corrected chi connectivity index (χ1v) is 12.4. The summed E-state index contributed by atoms with van der Waals surface area (Å²) < 4.78 is 33.1. The van der Waals surface area contributed by atoms with E-state index in [-0.39, 0.29) is 11.8 Å². The maximum atomic E-state index is 12.9. The van der Waals surface area contributed by atoms with Gasteiger partial charge in [-0.25, -0.2) is 17.5 Å². The minimum atomic E-state index is -3.50. The lowest BCUT2D eigenvalue weighted by Crippen LogP contribution is -2.48. The van der Waals surface area contributed by atoms with Gasteiger partial charge in [-0.2, -0.15) is 0 Å². The highest BCUT2D eigenvalue weighted by Crippen LogP contribution is 2.35. The second kappa shape index (κ2) is 8.45.